The highest BCUT2D eigenvalue weighted by Crippen LogP contribution is 2.21. The molecule has 5 heteroatoms. The summed E-state index contributed by atoms with van der Waals surface area (Å²) >= 11 is 5.85. The van der Waals surface area contributed by atoms with Gasteiger partial charge in [0.1, 0.15) is 6.07 Å². The molecule has 0 fully saturated rings. The van der Waals surface area contributed by atoms with Gasteiger partial charge in [-0.25, -0.2) is 0 Å². The van der Waals surface area contributed by atoms with Crippen LogP contribution in [0.25, 0.3) is 0 Å². The van der Waals surface area contributed by atoms with Gasteiger partial charge < -0.3 is 11.1 Å². The predicted molar refractivity (Wildman–Crippen MR) is 81.4 cm³/mol. The summed E-state index contributed by atoms with van der Waals surface area (Å²) in [6.07, 6.45) is 1.31. The van der Waals surface area contributed by atoms with E-state index in [0.29, 0.717) is 35.2 Å². The van der Waals surface area contributed by atoms with Crippen LogP contribution in [0.4, 0.5) is 5.69 Å². The average Bonchev–Trinajstić information content (AvgIpc) is 2.39. The number of hydrogen-bond acceptors (Lipinski definition) is 3. The van der Waals surface area contributed by atoms with Crippen LogP contribution in [0.1, 0.15) is 32.3 Å². The van der Waals surface area contributed by atoms with E-state index in [-0.39, 0.29) is 11.8 Å². The highest BCUT2D eigenvalue weighted by Gasteiger charge is 2.14. The number of carbonyl (C=O) groups excluding carboxylic acids is 1. The maximum atomic E-state index is 12.0. The molecule has 0 aliphatic heterocycles. The van der Waals surface area contributed by atoms with Crippen molar-refractivity contribution >= 4 is 23.2 Å². The quantitative estimate of drug-likeness (QED) is 0.845. The molecular weight excluding hydrogens is 274 g/mol. The average molecular weight is 294 g/mol. The molecule has 1 aromatic rings. The SMILES string of the molecule is CC(C)CC(CN)CC(=O)Nc1ccc(Cl)c(C#N)c1. The lowest BCUT2D eigenvalue weighted by molar-refractivity contribution is -0.117. The lowest BCUT2D eigenvalue weighted by Crippen LogP contribution is -2.23. The van der Waals surface area contributed by atoms with Crippen molar-refractivity contribution in [2.24, 2.45) is 17.6 Å². The van der Waals surface area contributed by atoms with E-state index in [1.54, 1.807) is 18.2 Å². The highest BCUT2D eigenvalue weighted by atomic mass is 35.5. The Morgan fingerprint density at radius 3 is 2.75 bits per heavy atom. The number of hydrogen-bond donors (Lipinski definition) is 2. The van der Waals surface area contributed by atoms with Crippen molar-refractivity contribution in [3.63, 3.8) is 0 Å². The first-order valence-electron chi connectivity index (χ1n) is 6.65. The van der Waals surface area contributed by atoms with Crippen molar-refractivity contribution in [1.82, 2.24) is 0 Å². The monoisotopic (exact) mass is 293 g/mol. The Hall–Kier alpha value is -1.57. The summed E-state index contributed by atoms with van der Waals surface area (Å²) in [4.78, 5) is 12.0. The zero-order valence-electron chi connectivity index (χ0n) is 11.8. The summed E-state index contributed by atoms with van der Waals surface area (Å²) < 4.78 is 0. The van der Waals surface area contributed by atoms with Crippen LogP contribution in [0.5, 0.6) is 0 Å². The van der Waals surface area contributed by atoms with Gasteiger partial charge in [-0.3, -0.25) is 4.79 Å². The largest absolute Gasteiger partial charge is 0.330 e. The third-order valence-corrected chi connectivity index (χ3v) is 3.31. The topological polar surface area (TPSA) is 78.9 Å². The second-order valence-corrected chi connectivity index (χ2v) is 5.70. The molecule has 0 saturated carbocycles. The number of nitrogens with two attached hydrogens (primary N) is 1. The predicted octanol–water partition coefficient (Wildman–Crippen LogP) is 3.16. The lowest BCUT2D eigenvalue weighted by Gasteiger charge is -2.16. The van der Waals surface area contributed by atoms with Gasteiger partial charge in [-0.1, -0.05) is 25.4 Å². The maximum Gasteiger partial charge on any atom is 0.224 e. The summed E-state index contributed by atoms with van der Waals surface area (Å²) in [5.74, 6) is 0.599. The normalized spacial score (nSPS) is 12.0. The molecule has 20 heavy (non-hydrogen) atoms. The Morgan fingerprint density at radius 1 is 1.50 bits per heavy atom. The molecule has 1 aromatic carbocycles. The maximum absolute atomic E-state index is 12.0. The van der Waals surface area contributed by atoms with Crippen LogP contribution >= 0.6 is 11.6 Å². The number of carbonyl (C=O) groups is 1. The van der Waals surface area contributed by atoms with Crippen molar-refractivity contribution in [2.75, 3.05) is 11.9 Å². The van der Waals surface area contributed by atoms with Crippen LogP contribution in [0, 0.1) is 23.2 Å². The number of rotatable bonds is 6. The summed E-state index contributed by atoms with van der Waals surface area (Å²) in [7, 11) is 0. The summed E-state index contributed by atoms with van der Waals surface area (Å²) in [5, 5.41) is 12.1. The van der Waals surface area contributed by atoms with E-state index in [9.17, 15) is 4.79 Å². The summed E-state index contributed by atoms with van der Waals surface area (Å²) in [6, 6.07) is 6.84. The fourth-order valence-corrected chi connectivity index (χ4v) is 2.25. The van der Waals surface area contributed by atoms with Crippen LogP contribution in [0.3, 0.4) is 0 Å². The number of benzene rings is 1. The number of nitriles is 1. The van der Waals surface area contributed by atoms with E-state index in [1.807, 2.05) is 6.07 Å². The molecule has 1 amide bonds. The zero-order chi connectivity index (χ0) is 15.1. The minimum Gasteiger partial charge on any atom is -0.330 e. The van der Waals surface area contributed by atoms with Gasteiger partial charge >= 0.3 is 0 Å². The van der Waals surface area contributed by atoms with Gasteiger partial charge in [0.05, 0.1) is 10.6 Å². The van der Waals surface area contributed by atoms with Crippen molar-refractivity contribution < 1.29 is 4.79 Å². The van der Waals surface area contributed by atoms with E-state index < -0.39 is 0 Å². The molecule has 0 heterocycles. The van der Waals surface area contributed by atoms with Gasteiger partial charge in [-0.2, -0.15) is 5.26 Å². The molecule has 1 rings (SSSR count). The second-order valence-electron chi connectivity index (χ2n) is 5.29. The van der Waals surface area contributed by atoms with Gasteiger partial charge in [0, 0.05) is 12.1 Å². The minimum atomic E-state index is -0.0905. The van der Waals surface area contributed by atoms with Crippen LogP contribution in [-0.2, 0) is 4.79 Å². The lowest BCUT2D eigenvalue weighted by atomic mass is 9.94. The molecule has 1 atom stereocenters. The van der Waals surface area contributed by atoms with Gasteiger partial charge in [0.2, 0.25) is 5.91 Å². The fourth-order valence-electron chi connectivity index (χ4n) is 2.09. The smallest absolute Gasteiger partial charge is 0.224 e. The van der Waals surface area contributed by atoms with Gasteiger partial charge in [0.15, 0.2) is 0 Å². The Bertz CT molecular complexity index is 508. The van der Waals surface area contributed by atoms with Gasteiger partial charge in [-0.15, -0.1) is 0 Å². The molecule has 0 radical (unpaired) electrons. The van der Waals surface area contributed by atoms with Crippen LogP contribution in [-0.4, -0.2) is 12.5 Å². The van der Waals surface area contributed by atoms with Gasteiger partial charge in [0.25, 0.3) is 0 Å². The van der Waals surface area contributed by atoms with Crippen molar-refractivity contribution in [1.29, 1.82) is 5.26 Å². The van der Waals surface area contributed by atoms with Crippen molar-refractivity contribution in [3.8, 4) is 6.07 Å². The second kappa shape index (κ2) is 7.88. The highest BCUT2D eigenvalue weighted by molar-refractivity contribution is 6.31. The third kappa shape index (κ3) is 5.20. The molecule has 1 unspecified atom stereocenters. The van der Waals surface area contributed by atoms with Crippen LogP contribution < -0.4 is 11.1 Å². The molecule has 0 saturated heterocycles. The first-order chi connectivity index (χ1) is 9.46. The fraction of sp³-hybridized carbons (Fsp3) is 0.467. The first kappa shape index (κ1) is 16.5. The van der Waals surface area contributed by atoms with Crippen molar-refractivity contribution in [3.05, 3.63) is 28.8 Å². The molecular formula is C15H20ClN3O. The summed E-state index contributed by atoms with van der Waals surface area (Å²) in [5.41, 5.74) is 6.62. The molecule has 0 spiro atoms. The Balaban J connectivity index is 2.64. The number of amides is 1. The molecule has 4 nitrogen and oxygen atoms in total. The molecule has 3 N–H and O–H groups in total. The van der Waals surface area contributed by atoms with Gasteiger partial charge in [-0.05, 0) is 43.0 Å². The van der Waals surface area contributed by atoms with E-state index >= 15 is 0 Å². The number of halogens is 1. The minimum absolute atomic E-state index is 0.0905. The molecule has 108 valence electrons. The Kier molecular flexibility index (Phi) is 6.50. The van der Waals surface area contributed by atoms with E-state index in [2.05, 4.69) is 19.2 Å². The molecule has 0 aliphatic carbocycles. The van der Waals surface area contributed by atoms with Crippen LogP contribution in [0.15, 0.2) is 18.2 Å². The van der Waals surface area contributed by atoms with E-state index in [0.717, 1.165) is 6.42 Å². The van der Waals surface area contributed by atoms with E-state index in [1.165, 1.54) is 0 Å². The molecule has 0 aromatic heterocycles. The molecule has 0 aliphatic rings. The number of nitrogens with zero attached hydrogens (tertiary/aromatic N) is 1. The summed E-state index contributed by atoms with van der Waals surface area (Å²) in [6.45, 7) is 4.72. The number of anilines is 1. The first-order valence-corrected chi connectivity index (χ1v) is 7.03. The Labute approximate surface area is 124 Å². The number of nitrogens with one attached hydrogen (secondary N) is 1. The van der Waals surface area contributed by atoms with Crippen molar-refractivity contribution in [2.45, 2.75) is 26.7 Å². The Morgan fingerprint density at radius 2 is 2.20 bits per heavy atom. The molecule has 0 bridgehead atoms. The standard InChI is InChI=1S/C15H20ClN3O/c1-10(2)5-11(8-17)6-15(20)19-13-3-4-14(16)12(7-13)9-18/h3-4,7,10-11H,5-6,8,17H2,1-2H3,(H,19,20). The van der Waals surface area contributed by atoms with E-state index in [4.69, 9.17) is 22.6 Å². The third-order valence-electron chi connectivity index (χ3n) is 2.98. The zero-order valence-corrected chi connectivity index (χ0v) is 12.6. The van der Waals surface area contributed by atoms with Crippen LogP contribution in [0.2, 0.25) is 5.02 Å².